The molecule has 0 aromatic carbocycles. The Bertz CT molecular complexity index is 508. The van der Waals surface area contributed by atoms with Crippen LogP contribution in [-0.2, 0) is 0 Å². The van der Waals surface area contributed by atoms with Crippen LogP contribution < -0.4 is 0 Å². The molecule has 0 N–H and O–H groups in total. The molecule has 4 heteroatoms. The molecule has 1 aromatic heterocycles. The number of carbonyl (C=O) groups excluding carboxylic acids is 1. The van der Waals surface area contributed by atoms with E-state index >= 15 is 0 Å². The van der Waals surface area contributed by atoms with Gasteiger partial charge in [-0.05, 0) is 99.6 Å². The zero-order chi connectivity index (χ0) is 13.9. The highest BCUT2D eigenvalue weighted by Gasteiger charge is 2.51. The molecular weight excluding hydrogens is 400 g/mol. The molecule has 0 aliphatic heterocycles. The van der Waals surface area contributed by atoms with Gasteiger partial charge in [-0.25, -0.2) is 0 Å². The van der Waals surface area contributed by atoms with Gasteiger partial charge < -0.3 is 0 Å². The summed E-state index contributed by atoms with van der Waals surface area (Å²) >= 11 is 8.56. The van der Waals surface area contributed by atoms with Gasteiger partial charge in [-0.2, -0.15) is 0 Å². The summed E-state index contributed by atoms with van der Waals surface area (Å²) < 4.78 is 2.04. The van der Waals surface area contributed by atoms with E-state index < -0.39 is 0 Å². The fraction of sp³-hybridized carbons (Fsp3) is 0.688. The van der Waals surface area contributed by atoms with Crippen LogP contribution in [0.25, 0.3) is 0 Å². The highest BCUT2D eigenvalue weighted by Crippen LogP contribution is 2.61. The summed E-state index contributed by atoms with van der Waals surface area (Å²) in [7, 11) is 0. The highest BCUT2D eigenvalue weighted by atomic mass is 79.9. The molecule has 4 aliphatic carbocycles. The van der Waals surface area contributed by atoms with E-state index in [0.29, 0.717) is 11.2 Å². The van der Waals surface area contributed by atoms with Crippen molar-refractivity contribution in [1.82, 2.24) is 0 Å². The summed E-state index contributed by atoms with van der Waals surface area (Å²) in [5, 5.41) is 0. The molecule has 0 radical (unpaired) electrons. The van der Waals surface area contributed by atoms with Gasteiger partial charge in [0.1, 0.15) is 0 Å². The molecule has 1 heterocycles. The molecular formula is C16H18Br2OS. The molecule has 4 saturated carbocycles. The van der Waals surface area contributed by atoms with Crippen molar-refractivity contribution in [3.63, 3.8) is 0 Å². The minimum Gasteiger partial charge on any atom is -0.293 e. The molecule has 0 spiro atoms. The Morgan fingerprint density at radius 1 is 1.15 bits per heavy atom. The van der Waals surface area contributed by atoms with Gasteiger partial charge in [-0.3, -0.25) is 4.79 Å². The summed E-state index contributed by atoms with van der Waals surface area (Å²) in [5.41, 5.74) is 0.356. The predicted molar refractivity (Wildman–Crippen MR) is 89.3 cm³/mol. The SMILES string of the molecule is O=C(CC12CC3CC(CC(C3)C1)C2)c1cc(Br)c(Br)s1. The van der Waals surface area contributed by atoms with Crippen molar-refractivity contribution >= 4 is 49.0 Å². The zero-order valence-corrected chi connectivity index (χ0v) is 15.3. The number of carbonyl (C=O) groups is 1. The third-order valence-electron chi connectivity index (χ3n) is 5.62. The van der Waals surface area contributed by atoms with Gasteiger partial charge in [0.2, 0.25) is 0 Å². The first kappa shape index (κ1) is 14.0. The van der Waals surface area contributed by atoms with E-state index in [2.05, 4.69) is 31.9 Å². The van der Waals surface area contributed by atoms with Crippen molar-refractivity contribution in [3.05, 3.63) is 19.2 Å². The number of Topliss-reactive ketones (excluding diaryl/α,β-unsaturated/α-hetero) is 1. The summed E-state index contributed by atoms with van der Waals surface area (Å²) in [6, 6.07) is 1.98. The summed E-state index contributed by atoms with van der Waals surface area (Å²) in [6.07, 6.45) is 9.09. The maximum atomic E-state index is 12.7. The fourth-order valence-corrected chi connectivity index (χ4v) is 7.39. The average Bonchev–Trinajstić information content (AvgIpc) is 2.67. The molecule has 0 atom stereocenters. The molecule has 1 nitrogen and oxygen atoms in total. The van der Waals surface area contributed by atoms with Crippen LogP contribution in [0.4, 0.5) is 0 Å². The highest BCUT2D eigenvalue weighted by molar-refractivity contribution is 9.13. The molecule has 108 valence electrons. The maximum Gasteiger partial charge on any atom is 0.173 e. The standard InChI is InChI=1S/C16H18Br2OS/c17-12-4-14(20-15(12)18)13(19)8-16-5-9-1-10(6-16)3-11(2-9)7-16/h4,9-11H,1-3,5-8H2. The summed E-state index contributed by atoms with van der Waals surface area (Å²) in [6.45, 7) is 0. The van der Waals surface area contributed by atoms with Crippen LogP contribution in [0.3, 0.4) is 0 Å². The number of ketones is 1. The third-order valence-corrected chi connectivity index (χ3v) is 8.92. The number of halogens is 2. The first-order valence-electron chi connectivity index (χ1n) is 7.51. The first-order chi connectivity index (χ1) is 9.53. The van der Waals surface area contributed by atoms with E-state index in [9.17, 15) is 4.79 Å². The normalized spacial score (nSPS) is 38.4. The minimum absolute atomic E-state index is 0.356. The van der Waals surface area contributed by atoms with Crippen LogP contribution in [0.2, 0.25) is 0 Å². The van der Waals surface area contributed by atoms with E-state index in [1.165, 1.54) is 38.5 Å². The van der Waals surface area contributed by atoms with Gasteiger partial charge in [0.25, 0.3) is 0 Å². The van der Waals surface area contributed by atoms with Crippen LogP contribution >= 0.6 is 43.2 Å². The topological polar surface area (TPSA) is 17.1 Å². The lowest BCUT2D eigenvalue weighted by Gasteiger charge is -2.56. The second kappa shape index (κ2) is 4.92. The van der Waals surface area contributed by atoms with Gasteiger partial charge >= 0.3 is 0 Å². The van der Waals surface area contributed by atoms with Gasteiger partial charge in [-0.15, -0.1) is 11.3 Å². The number of rotatable bonds is 3. The lowest BCUT2D eigenvalue weighted by molar-refractivity contribution is -0.0523. The summed E-state index contributed by atoms with van der Waals surface area (Å²) in [4.78, 5) is 13.6. The van der Waals surface area contributed by atoms with E-state index in [1.54, 1.807) is 11.3 Å². The van der Waals surface area contributed by atoms with Crippen LogP contribution in [0.15, 0.2) is 14.3 Å². The Morgan fingerprint density at radius 3 is 2.15 bits per heavy atom. The minimum atomic E-state index is 0.356. The number of hydrogen-bond acceptors (Lipinski definition) is 2. The second-order valence-electron chi connectivity index (χ2n) is 7.25. The Balaban J connectivity index is 1.55. The Kier molecular flexibility index (Phi) is 3.43. The maximum absolute atomic E-state index is 12.7. The largest absolute Gasteiger partial charge is 0.293 e. The van der Waals surface area contributed by atoms with Gasteiger partial charge in [0.05, 0.1) is 8.66 Å². The quantitative estimate of drug-likeness (QED) is 0.546. The molecule has 0 unspecified atom stereocenters. The molecule has 4 bridgehead atoms. The van der Waals surface area contributed by atoms with E-state index in [1.807, 2.05) is 6.07 Å². The second-order valence-corrected chi connectivity index (χ2v) is 10.5. The lowest BCUT2D eigenvalue weighted by atomic mass is 9.48. The number of thiophene rings is 1. The molecule has 0 saturated heterocycles. The number of hydrogen-bond donors (Lipinski definition) is 0. The Labute approximate surface area is 140 Å². The van der Waals surface area contributed by atoms with Crippen molar-refractivity contribution in [2.24, 2.45) is 23.2 Å². The third kappa shape index (κ3) is 2.36. The molecule has 4 aliphatic rings. The van der Waals surface area contributed by atoms with E-state index in [-0.39, 0.29) is 0 Å². The molecule has 1 aromatic rings. The van der Waals surface area contributed by atoms with Gasteiger partial charge in [-0.1, -0.05) is 0 Å². The van der Waals surface area contributed by atoms with Gasteiger partial charge in [0.15, 0.2) is 5.78 Å². The summed E-state index contributed by atoms with van der Waals surface area (Å²) in [5.74, 6) is 3.14. The Morgan fingerprint density at radius 2 is 1.70 bits per heavy atom. The molecule has 5 rings (SSSR count). The Hall–Kier alpha value is 0.330. The van der Waals surface area contributed by atoms with Crippen molar-refractivity contribution in [2.45, 2.75) is 44.9 Å². The fourth-order valence-electron chi connectivity index (χ4n) is 5.42. The first-order valence-corrected chi connectivity index (χ1v) is 9.91. The molecule has 4 fully saturated rings. The smallest absolute Gasteiger partial charge is 0.173 e. The van der Waals surface area contributed by atoms with Crippen molar-refractivity contribution in [2.75, 3.05) is 0 Å². The average molecular weight is 418 g/mol. The van der Waals surface area contributed by atoms with Crippen molar-refractivity contribution in [3.8, 4) is 0 Å². The monoisotopic (exact) mass is 416 g/mol. The van der Waals surface area contributed by atoms with Gasteiger partial charge in [0, 0.05) is 10.9 Å². The molecule has 0 amide bonds. The predicted octanol–water partition coefficient (Wildman–Crippen LogP) is 6.06. The van der Waals surface area contributed by atoms with Crippen LogP contribution in [0, 0.1) is 23.2 Å². The van der Waals surface area contributed by atoms with Crippen molar-refractivity contribution in [1.29, 1.82) is 0 Å². The van der Waals surface area contributed by atoms with Crippen LogP contribution in [0.5, 0.6) is 0 Å². The van der Waals surface area contributed by atoms with Crippen LogP contribution in [0.1, 0.15) is 54.6 Å². The van der Waals surface area contributed by atoms with Crippen LogP contribution in [-0.4, -0.2) is 5.78 Å². The van der Waals surface area contributed by atoms with E-state index in [0.717, 1.165) is 37.3 Å². The zero-order valence-electron chi connectivity index (χ0n) is 11.3. The van der Waals surface area contributed by atoms with E-state index in [4.69, 9.17) is 0 Å². The van der Waals surface area contributed by atoms with Crippen molar-refractivity contribution < 1.29 is 4.79 Å². The lowest BCUT2D eigenvalue weighted by Crippen LogP contribution is -2.46. The molecule has 20 heavy (non-hydrogen) atoms.